The molecule has 0 heterocycles. The minimum absolute atomic E-state index is 0.287. The van der Waals surface area contributed by atoms with Crippen molar-refractivity contribution in [1.82, 2.24) is 0 Å². The van der Waals surface area contributed by atoms with Gasteiger partial charge in [-0.25, -0.2) is 9.18 Å². The molecule has 0 aliphatic heterocycles. The van der Waals surface area contributed by atoms with Crippen LogP contribution in [0.1, 0.15) is 23.6 Å². The van der Waals surface area contributed by atoms with Crippen molar-refractivity contribution in [3.05, 3.63) is 89.2 Å². The standard InChI is InChI=1S/C24H20FNO2/c1-2-28-24(27)23-20(16-8-10-18(25)11-9-16)12-17-13-22(26)19(14-21(17)23)15-6-4-3-5-7-15/h3-11,13-14H,2,12,26H2,1H3. The summed E-state index contributed by atoms with van der Waals surface area (Å²) in [5.74, 6) is -0.683. The third kappa shape index (κ3) is 3.18. The van der Waals surface area contributed by atoms with Crippen LogP contribution in [0.25, 0.3) is 22.3 Å². The maximum Gasteiger partial charge on any atom is 0.339 e. The van der Waals surface area contributed by atoms with Crippen LogP contribution in [-0.2, 0) is 16.0 Å². The quantitative estimate of drug-likeness (QED) is 0.511. The molecule has 0 atom stereocenters. The molecule has 0 bridgehead atoms. The molecule has 0 spiro atoms. The molecule has 4 rings (SSSR count). The van der Waals surface area contributed by atoms with E-state index in [-0.39, 0.29) is 18.4 Å². The number of esters is 1. The summed E-state index contributed by atoms with van der Waals surface area (Å²) in [6, 6.07) is 19.9. The molecule has 0 amide bonds. The van der Waals surface area contributed by atoms with Gasteiger partial charge in [-0.2, -0.15) is 0 Å². The van der Waals surface area contributed by atoms with Crippen LogP contribution in [0.2, 0.25) is 0 Å². The number of nitrogen functional groups attached to an aromatic ring is 1. The second kappa shape index (κ2) is 7.31. The number of anilines is 1. The maximum atomic E-state index is 13.4. The molecule has 4 heteroatoms. The van der Waals surface area contributed by atoms with Gasteiger partial charge in [0.15, 0.2) is 0 Å². The zero-order valence-corrected chi connectivity index (χ0v) is 15.5. The first-order chi connectivity index (χ1) is 13.6. The third-order valence-electron chi connectivity index (χ3n) is 4.97. The molecule has 0 unspecified atom stereocenters. The van der Waals surface area contributed by atoms with E-state index in [1.165, 1.54) is 12.1 Å². The Hall–Kier alpha value is -3.40. The lowest BCUT2D eigenvalue weighted by molar-refractivity contribution is -0.136. The number of rotatable bonds is 4. The molecule has 2 N–H and O–H groups in total. The Morgan fingerprint density at radius 2 is 1.71 bits per heavy atom. The average Bonchev–Trinajstić information content (AvgIpc) is 3.07. The summed E-state index contributed by atoms with van der Waals surface area (Å²) < 4.78 is 18.7. The lowest BCUT2D eigenvalue weighted by atomic mass is 9.96. The monoisotopic (exact) mass is 373 g/mol. The van der Waals surface area contributed by atoms with Crippen LogP contribution in [0.15, 0.2) is 66.7 Å². The Morgan fingerprint density at radius 1 is 1.00 bits per heavy atom. The number of ether oxygens (including phenoxy) is 1. The highest BCUT2D eigenvalue weighted by atomic mass is 19.1. The van der Waals surface area contributed by atoms with Crippen molar-refractivity contribution >= 4 is 22.8 Å². The molecular formula is C24H20FNO2. The van der Waals surface area contributed by atoms with Crippen molar-refractivity contribution in [2.75, 3.05) is 12.3 Å². The van der Waals surface area contributed by atoms with Crippen LogP contribution in [0.5, 0.6) is 0 Å². The number of carbonyl (C=O) groups is 1. The molecule has 1 aliphatic carbocycles. The number of hydrogen-bond donors (Lipinski definition) is 1. The molecule has 0 saturated heterocycles. The predicted molar refractivity (Wildman–Crippen MR) is 110 cm³/mol. The van der Waals surface area contributed by atoms with Gasteiger partial charge in [-0.05, 0) is 65.4 Å². The van der Waals surface area contributed by atoms with E-state index in [0.717, 1.165) is 33.4 Å². The van der Waals surface area contributed by atoms with Gasteiger partial charge >= 0.3 is 5.97 Å². The summed E-state index contributed by atoms with van der Waals surface area (Å²) in [6.45, 7) is 2.07. The molecule has 3 aromatic rings. The van der Waals surface area contributed by atoms with Crippen molar-refractivity contribution in [2.24, 2.45) is 0 Å². The Kier molecular flexibility index (Phi) is 4.70. The van der Waals surface area contributed by atoms with Crippen molar-refractivity contribution in [2.45, 2.75) is 13.3 Å². The molecule has 0 saturated carbocycles. The van der Waals surface area contributed by atoms with Crippen LogP contribution in [-0.4, -0.2) is 12.6 Å². The van der Waals surface area contributed by atoms with E-state index in [4.69, 9.17) is 10.5 Å². The summed E-state index contributed by atoms with van der Waals surface area (Å²) in [5.41, 5.74) is 12.8. The van der Waals surface area contributed by atoms with Gasteiger partial charge in [0.1, 0.15) is 5.82 Å². The Bertz CT molecular complexity index is 1070. The number of hydrogen-bond acceptors (Lipinski definition) is 3. The van der Waals surface area contributed by atoms with Gasteiger partial charge in [0, 0.05) is 11.3 Å². The smallest absolute Gasteiger partial charge is 0.339 e. The SMILES string of the molecule is CCOC(=O)C1=C(c2ccc(F)cc2)Cc2cc(N)c(-c3ccccc3)cc21. The van der Waals surface area contributed by atoms with Gasteiger partial charge in [-0.3, -0.25) is 0 Å². The maximum absolute atomic E-state index is 13.4. The molecule has 1 aliphatic rings. The second-order valence-electron chi connectivity index (χ2n) is 6.72. The molecular weight excluding hydrogens is 353 g/mol. The molecule has 28 heavy (non-hydrogen) atoms. The topological polar surface area (TPSA) is 52.3 Å². The number of halogens is 1. The van der Waals surface area contributed by atoms with E-state index in [9.17, 15) is 9.18 Å². The Balaban J connectivity index is 1.89. The van der Waals surface area contributed by atoms with E-state index in [0.29, 0.717) is 17.7 Å². The van der Waals surface area contributed by atoms with Crippen molar-refractivity contribution in [3.8, 4) is 11.1 Å². The number of carbonyl (C=O) groups excluding carboxylic acids is 1. The Labute approximate surface area is 163 Å². The first-order valence-corrected chi connectivity index (χ1v) is 9.23. The molecule has 3 nitrogen and oxygen atoms in total. The molecule has 3 aromatic carbocycles. The average molecular weight is 373 g/mol. The van der Waals surface area contributed by atoms with Gasteiger partial charge < -0.3 is 10.5 Å². The van der Waals surface area contributed by atoms with Gasteiger partial charge in [-0.15, -0.1) is 0 Å². The summed E-state index contributed by atoms with van der Waals surface area (Å²) in [5, 5.41) is 0. The highest BCUT2D eigenvalue weighted by molar-refractivity contribution is 6.27. The lowest BCUT2D eigenvalue weighted by Crippen LogP contribution is -2.07. The van der Waals surface area contributed by atoms with Gasteiger partial charge in [0.05, 0.1) is 12.2 Å². The van der Waals surface area contributed by atoms with Crippen LogP contribution in [0.4, 0.5) is 10.1 Å². The third-order valence-corrected chi connectivity index (χ3v) is 4.97. The van der Waals surface area contributed by atoms with E-state index in [1.54, 1.807) is 19.1 Å². The summed E-state index contributed by atoms with van der Waals surface area (Å²) in [6.07, 6.45) is 0.550. The fraction of sp³-hybridized carbons (Fsp3) is 0.125. The van der Waals surface area contributed by atoms with Crippen LogP contribution in [0.3, 0.4) is 0 Å². The van der Waals surface area contributed by atoms with Crippen LogP contribution >= 0.6 is 0 Å². The largest absolute Gasteiger partial charge is 0.462 e. The number of allylic oxidation sites excluding steroid dienone is 1. The van der Waals surface area contributed by atoms with E-state index in [2.05, 4.69) is 0 Å². The second-order valence-corrected chi connectivity index (χ2v) is 6.72. The van der Waals surface area contributed by atoms with Crippen molar-refractivity contribution in [1.29, 1.82) is 0 Å². The van der Waals surface area contributed by atoms with Gasteiger partial charge in [0.25, 0.3) is 0 Å². The number of fused-ring (bicyclic) bond motifs is 1. The van der Waals surface area contributed by atoms with Crippen LogP contribution in [0, 0.1) is 5.82 Å². The van der Waals surface area contributed by atoms with E-state index in [1.807, 2.05) is 42.5 Å². The van der Waals surface area contributed by atoms with Gasteiger partial charge in [0.2, 0.25) is 0 Å². The summed E-state index contributed by atoms with van der Waals surface area (Å²) in [4.78, 5) is 12.8. The first-order valence-electron chi connectivity index (χ1n) is 9.23. The summed E-state index contributed by atoms with van der Waals surface area (Å²) in [7, 11) is 0. The zero-order valence-electron chi connectivity index (χ0n) is 15.5. The highest BCUT2D eigenvalue weighted by Crippen LogP contribution is 2.42. The molecule has 0 fully saturated rings. The molecule has 0 radical (unpaired) electrons. The highest BCUT2D eigenvalue weighted by Gasteiger charge is 2.29. The van der Waals surface area contributed by atoms with E-state index >= 15 is 0 Å². The van der Waals surface area contributed by atoms with Crippen LogP contribution < -0.4 is 5.73 Å². The van der Waals surface area contributed by atoms with Crippen molar-refractivity contribution in [3.63, 3.8) is 0 Å². The first kappa shape index (κ1) is 18.0. The fourth-order valence-corrected chi connectivity index (χ4v) is 3.69. The Morgan fingerprint density at radius 3 is 2.39 bits per heavy atom. The minimum atomic E-state index is -0.371. The molecule has 0 aromatic heterocycles. The molecule has 140 valence electrons. The predicted octanol–water partition coefficient (Wildman–Crippen LogP) is 5.10. The normalized spacial score (nSPS) is 12.8. The zero-order chi connectivity index (χ0) is 19.7. The van der Waals surface area contributed by atoms with Crippen molar-refractivity contribution < 1.29 is 13.9 Å². The fourth-order valence-electron chi connectivity index (χ4n) is 3.69. The number of benzene rings is 3. The van der Waals surface area contributed by atoms with E-state index < -0.39 is 0 Å². The lowest BCUT2D eigenvalue weighted by Gasteiger charge is -2.12. The number of nitrogens with two attached hydrogens (primary N) is 1. The summed E-state index contributed by atoms with van der Waals surface area (Å²) >= 11 is 0. The minimum Gasteiger partial charge on any atom is -0.462 e. The van der Waals surface area contributed by atoms with Gasteiger partial charge in [-0.1, -0.05) is 42.5 Å².